The van der Waals surface area contributed by atoms with Crippen molar-refractivity contribution in [2.75, 3.05) is 0 Å². The smallest absolute Gasteiger partial charge is 0.144 e. The van der Waals surface area contributed by atoms with Crippen LogP contribution in [0.2, 0.25) is 0 Å². The Bertz CT molecular complexity index is 426. The van der Waals surface area contributed by atoms with Crippen LogP contribution in [0.5, 0.6) is 0 Å². The largest absolute Gasteiger partial charge is 0.299 e. The first-order chi connectivity index (χ1) is 8.10. The molecule has 0 aromatic heterocycles. The number of halogens is 3. The van der Waals surface area contributed by atoms with Crippen molar-refractivity contribution in [3.05, 3.63) is 33.8 Å². The van der Waals surface area contributed by atoms with E-state index in [2.05, 4.69) is 27.2 Å². The maximum absolute atomic E-state index is 13.6. The van der Waals surface area contributed by atoms with E-state index in [0.717, 1.165) is 12.8 Å². The normalized spacial score (nSPS) is 12.2. The number of hydrogen-bond donors (Lipinski definition) is 1. The molecule has 0 saturated heterocycles. The van der Waals surface area contributed by atoms with Crippen molar-refractivity contribution in [1.82, 2.24) is 5.32 Å². The van der Waals surface area contributed by atoms with Crippen LogP contribution < -0.4 is 5.32 Å². The maximum atomic E-state index is 13.6. The third kappa shape index (κ3) is 3.79. The highest BCUT2D eigenvalue weighted by atomic mass is 79.9. The molecule has 0 saturated carbocycles. The predicted octanol–water partition coefficient (Wildman–Crippen LogP) is 3.62. The fraction of sp³-hybridized carbons (Fsp3) is 0.385. The summed E-state index contributed by atoms with van der Waals surface area (Å²) in [6, 6.07) is 2.42. The standard InChI is InChI=1S/C13H14BrF2N/c1-3-5-9(4-2)17-8-10-12(15)7-6-11(14)13(10)16/h2,6-7,9,17H,3,5,8H2,1H3. The van der Waals surface area contributed by atoms with Crippen LogP contribution >= 0.6 is 15.9 Å². The summed E-state index contributed by atoms with van der Waals surface area (Å²) in [6.45, 7) is 2.10. The van der Waals surface area contributed by atoms with Crippen LogP contribution in [-0.2, 0) is 6.54 Å². The molecule has 0 aliphatic carbocycles. The van der Waals surface area contributed by atoms with Gasteiger partial charge in [0.2, 0.25) is 0 Å². The van der Waals surface area contributed by atoms with Gasteiger partial charge in [0.05, 0.1) is 10.5 Å². The molecule has 1 nitrogen and oxygen atoms in total. The Balaban J connectivity index is 2.75. The minimum Gasteiger partial charge on any atom is -0.299 e. The van der Waals surface area contributed by atoms with Gasteiger partial charge in [-0.1, -0.05) is 19.3 Å². The third-order valence-corrected chi connectivity index (χ3v) is 3.06. The van der Waals surface area contributed by atoms with Gasteiger partial charge in [0.25, 0.3) is 0 Å². The first kappa shape index (κ1) is 14.1. The second-order valence-electron chi connectivity index (χ2n) is 3.71. The number of hydrogen-bond acceptors (Lipinski definition) is 1. The Morgan fingerprint density at radius 3 is 2.76 bits per heavy atom. The molecule has 92 valence electrons. The molecule has 0 aliphatic rings. The molecule has 0 aliphatic heterocycles. The van der Waals surface area contributed by atoms with E-state index in [1.165, 1.54) is 12.1 Å². The van der Waals surface area contributed by atoms with Crippen LogP contribution in [0.3, 0.4) is 0 Å². The van der Waals surface area contributed by atoms with Gasteiger partial charge in [-0.15, -0.1) is 6.42 Å². The summed E-state index contributed by atoms with van der Waals surface area (Å²) in [5, 5.41) is 2.96. The molecule has 17 heavy (non-hydrogen) atoms. The van der Waals surface area contributed by atoms with Gasteiger partial charge in [-0.2, -0.15) is 0 Å². The van der Waals surface area contributed by atoms with Crippen LogP contribution in [0.1, 0.15) is 25.3 Å². The van der Waals surface area contributed by atoms with Gasteiger partial charge >= 0.3 is 0 Å². The van der Waals surface area contributed by atoms with Gasteiger partial charge in [0.1, 0.15) is 11.6 Å². The summed E-state index contributed by atoms with van der Waals surface area (Å²) >= 11 is 3.03. The average molecular weight is 302 g/mol. The Labute approximate surface area is 109 Å². The second kappa shape index (κ2) is 6.73. The number of terminal acetylenes is 1. The summed E-state index contributed by atoms with van der Waals surface area (Å²) in [5.74, 6) is 1.42. The van der Waals surface area contributed by atoms with Crippen LogP contribution in [0.25, 0.3) is 0 Å². The molecule has 0 fully saturated rings. The van der Waals surface area contributed by atoms with Crippen molar-refractivity contribution in [3.63, 3.8) is 0 Å². The summed E-state index contributed by atoms with van der Waals surface area (Å²) in [5.41, 5.74) is 0.00993. The lowest BCUT2D eigenvalue weighted by Crippen LogP contribution is -2.27. The molecule has 0 radical (unpaired) electrons. The Kier molecular flexibility index (Phi) is 5.60. The van der Waals surface area contributed by atoms with E-state index in [1.807, 2.05) is 6.92 Å². The van der Waals surface area contributed by atoms with Crippen molar-refractivity contribution in [3.8, 4) is 12.3 Å². The summed E-state index contributed by atoms with van der Waals surface area (Å²) in [7, 11) is 0. The first-order valence-electron chi connectivity index (χ1n) is 5.42. The van der Waals surface area contributed by atoms with E-state index < -0.39 is 11.6 Å². The van der Waals surface area contributed by atoms with Gasteiger partial charge in [0.15, 0.2) is 0 Å². The van der Waals surface area contributed by atoms with E-state index in [9.17, 15) is 8.78 Å². The molecule has 0 bridgehead atoms. The van der Waals surface area contributed by atoms with Crippen molar-refractivity contribution < 1.29 is 8.78 Å². The zero-order valence-electron chi connectivity index (χ0n) is 9.56. The van der Waals surface area contributed by atoms with Crippen LogP contribution in [0.15, 0.2) is 16.6 Å². The number of nitrogens with one attached hydrogen (secondary N) is 1. The van der Waals surface area contributed by atoms with E-state index in [1.54, 1.807) is 0 Å². The Morgan fingerprint density at radius 1 is 1.47 bits per heavy atom. The lowest BCUT2D eigenvalue weighted by atomic mass is 10.1. The van der Waals surface area contributed by atoms with Gasteiger partial charge in [-0.25, -0.2) is 8.78 Å². The minimum absolute atomic E-state index is 0.00993. The second-order valence-corrected chi connectivity index (χ2v) is 4.56. The lowest BCUT2D eigenvalue weighted by molar-refractivity contribution is 0.506. The molecule has 1 aromatic carbocycles. The molecule has 0 amide bonds. The van der Waals surface area contributed by atoms with Crippen molar-refractivity contribution in [2.24, 2.45) is 0 Å². The monoisotopic (exact) mass is 301 g/mol. The van der Waals surface area contributed by atoms with Gasteiger partial charge in [-0.05, 0) is 34.5 Å². The van der Waals surface area contributed by atoms with Gasteiger partial charge in [0, 0.05) is 12.1 Å². The summed E-state index contributed by atoms with van der Waals surface area (Å²) < 4.78 is 27.3. The molecular formula is C13H14BrF2N. The predicted molar refractivity (Wildman–Crippen MR) is 68.4 cm³/mol. The summed E-state index contributed by atoms with van der Waals surface area (Å²) in [4.78, 5) is 0. The van der Waals surface area contributed by atoms with E-state index in [-0.39, 0.29) is 22.6 Å². The molecule has 4 heteroatoms. The average Bonchev–Trinajstić information content (AvgIpc) is 2.32. The first-order valence-corrected chi connectivity index (χ1v) is 6.21. The zero-order chi connectivity index (χ0) is 12.8. The quantitative estimate of drug-likeness (QED) is 0.647. The van der Waals surface area contributed by atoms with Crippen molar-refractivity contribution in [2.45, 2.75) is 32.4 Å². The topological polar surface area (TPSA) is 12.0 Å². The Morgan fingerprint density at radius 2 is 2.18 bits per heavy atom. The summed E-state index contributed by atoms with van der Waals surface area (Å²) in [6.07, 6.45) is 7.03. The Hall–Kier alpha value is -0.920. The molecule has 0 spiro atoms. The number of benzene rings is 1. The van der Waals surface area contributed by atoms with E-state index in [0.29, 0.717) is 0 Å². The van der Waals surface area contributed by atoms with Gasteiger partial charge < -0.3 is 0 Å². The highest BCUT2D eigenvalue weighted by Gasteiger charge is 2.13. The van der Waals surface area contributed by atoms with Crippen molar-refractivity contribution >= 4 is 15.9 Å². The fourth-order valence-corrected chi connectivity index (χ4v) is 1.86. The van der Waals surface area contributed by atoms with Gasteiger partial charge in [-0.3, -0.25) is 5.32 Å². The molecule has 1 atom stereocenters. The SMILES string of the molecule is C#CC(CCC)NCc1c(F)ccc(Br)c1F. The molecule has 0 heterocycles. The highest BCUT2D eigenvalue weighted by molar-refractivity contribution is 9.10. The van der Waals surface area contributed by atoms with E-state index in [4.69, 9.17) is 6.42 Å². The maximum Gasteiger partial charge on any atom is 0.144 e. The minimum atomic E-state index is -0.579. The molecular weight excluding hydrogens is 288 g/mol. The molecule has 1 unspecified atom stereocenters. The lowest BCUT2D eigenvalue weighted by Gasteiger charge is -2.13. The zero-order valence-corrected chi connectivity index (χ0v) is 11.2. The van der Waals surface area contributed by atoms with Crippen molar-refractivity contribution in [1.29, 1.82) is 0 Å². The third-order valence-electron chi connectivity index (χ3n) is 2.44. The molecule has 1 aromatic rings. The molecule has 1 N–H and O–H groups in total. The fourth-order valence-electron chi connectivity index (χ4n) is 1.49. The highest BCUT2D eigenvalue weighted by Crippen LogP contribution is 2.21. The van der Waals surface area contributed by atoms with Crippen LogP contribution in [-0.4, -0.2) is 6.04 Å². The number of rotatable bonds is 5. The van der Waals surface area contributed by atoms with Crippen LogP contribution in [0.4, 0.5) is 8.78 Å². The van der Waals surface area contributed by atoms with Crippen LogP contribution in [0, 0.1) is 24.0 Å². The van der Waals surface area contributed by atoms with E-state index >= 15 is 0 Å². The molecule has 1 rings (SSSR count).